The third kappa shape index (κ3) is 3.57. The molecule has 1 fully saturated rings. The van der Waals surface area contributed by atoms with Crippen LogP contribution >= 0.6 is 0 Å². The molecule has 103 valence electrons. The van der Waals surface area contributed by atoms with Crippen molar-refractivity contribution >= 4 is 12.0 Å². The van der Waals surface area contributed by atoms with Gasteiger partial charge in [-0.05, 0) is 37.0 Å². The fourth-order valence-corrected chi connectivity index (χ4v) is 2.81. The van der Waals surface area contributed by atoms with E-state index >= 15 is 0 Å². The maximum atomic E-state index is 10.3. The van der Waals surface area contributed by atoms with Gasteiger partial charge in [0, 0.05) is 25.3 Å². The summed E-state index contributed by atoms with van der Waals surface area (Å²) in [5.74, 6) is 0. The highest BCUT2D eigenvalue weighted by Gasteiger charge is 2.20. The van der Waals surface area contributed by atoms with Gasteiger partial charge in [-0.2, -0.15) is 0 Å². The molecular formula is C16H23N2O. The lowest BCUT2D eigenvalue weighted by molar-refractivity contribution is -0.107. The van der Waals surface area contributed by atoms with Crippen molar-refractivity contribution in [3.8, 4) is 0 Å². The molecule has 3 heteroatoms. The summed E-state index contributed by atoms with van der Waals surface area (Å²) in [6.45, 7) is 5.26. The van der Waals surface area contributed by atoms with Gasteiger partial charge in [0.1, 0.15) is 6.29 Å². The van der Waals surface area contributed by atoms with Gasteiger partial charge in [0.15, 0.2) is 0 Å². The molecule has 1 aromatic rings. The van der Waals surface area contributed by atoms with Crippen LogP contribution in [0.25, 0.3) is 0 Å². The Morgan fingerprint density at radius 1 is 1.42 bits per heavy atom. The van der Waals surface area contributed by atoms with Crippen LogP contribution in [0.4, 0.5) is 5.69 Å². The van der Waals surface area contributed by atoms with Gasteiger partial charge in [0.05, 0.1) is 6.54 Å². The summed E-state index contributed by atoms with van der Waals surface area (Å²) in [7, 11) is 2.17. The first-order chi connectivity index (χ1) is 9.22. The molecule has 0 bridgehead atoms. The number of nitrogens with zero attached hydrogens (tertiary/aromatic N) is 1. The van der Waals surface area contributed by atoms with E-state index in [4.69, 9.17) is 0 Å². The monoisotopic (exact) mass is 259 g/mol. The number of rotatable bonds is 6. The summed E-state index contributed by atoms with van der Waals surface area (Å²) in [6, 6.07) is 6.99. The number of nitrogens with one attached hydrogen (secondary N) is 1. The van der Waals surface area contributed by atoms with Crippen molar-refractivity contribution in [3.05, 3.63) is 36.2 Å². The summed E-state index contributed by atoms with van der Waals surface area (Å²) < 4.78 is 0. The van der Waals surface area contributed by atoms with Crippen molar-refractivity contribution < 1.29 is 4.79 Å². The predicted molar refractivity (Wildman–Crippen MR) is 79.3 cm³/mol. The van der Waals surface area contributed by atoms with E-state index in [1.807, 2.05) is 0 Å². The lowest BCUT2D eigenvalue weighted by atomic mass is 10.1. The van der Waals surface area contributed by atoms with Crippen molar-refractivity contribution in [1.82, 2.24) is 5.32 Å². The number of aldehydes is 1. The second-order valence-corrected chi connectivity index (χ2v) is 5.31. The molecule has 2 rings (SSSR count). The normalized spacial score (nSPS) is 15.7. The van der Waals surface area contributed by atoms with Crippen LogP contribution in [-0.4, -0.2) is 25.9 Å². The van der Waals surface area contributed by atoms with Crippen molar-refractivity contribution in [1.29, 1.82) is 0 Å². The summed E-state index contributed by atoms with van der Waals surface area (Å²) in [6.07, 6.45) is 6.12. The Hall–Kier alpha value is -1.35. The van der Waals surface area contributed by atoms with Crippen LogP contribution in [0.5, 0.6) is 0 Å². The van der Waals surface area contributed by atoms with Crippen LogP contribution in [0, 0.1) is 6.92 Å². The van der Waals surface area contributed by atoms with E-state index in [0.29, 0.717) is 12.6 Å². The average molecular weight is 259 g/mol. The molecule has 1 N–H and O–H groups in total. The summed E-state index contributed by atoms with van der Waals surface area (Å²) in [4.78, 5) is 12.7. The molecule has 1 aliphatic carbocycles. The Morgan fingerprint density at radius 3 is 2.84 bits per heavy atom. The van der Waals surface area contributed by atoms with Gasteiger partial charge >= 0.3 is 0 Å². The van der Waals surface area contributed by atoms with Gasteiger partial charge in [-0.3, -0.25) is 0 Å². The highest BCUT2D eigenvalue weighted by Crippen LogP contribution is 2.29. The minimum atomic E-state index is 0.403. The molecule has 1 aromatic carbocycles. The topological polar surface area (TPSA) is 32.3 Å². The largest absolute Gasteiger partial charge is 0.371 e. The number of hydrogen-bond donors (Lipinski definition) is 1. The number of carbonyl (C=O) groups excluding carboxylic acids is 1. The number of carbonyl (C=O) groups is 1. The van der Waals surface area contributed by atoms with E-state index in [0.717, 1.165) is 18.4 Å². The second kappa shape index (κ2) is 6.71. The van der Waals surface area contributed by atoms with Crippen molar-refractivity contribution in [2.45, 2.75) is 38.3 Å². The number of hydrogen-bond acceptors (Lipinski definition) is 3. The molecule has 1 saturated carbocycles. The number of anilines is 1. The third-order valence-electron chi connectivity index (χ3n) is 3.96. The Labute approximate surface area is 116 Å². The molecular weight excluding hydrogens is 236 g/mol. The molecule has 1 radical (unpaired) electrons. The molecule has 0 heterocycles. The molecule has 0 saturated heterocycles. The number of benzene rings is 1. The Kier molecular flexibility index (Phi) is 4.97. The van der Waals surface area contributed by atoms with E-state index < -0.39 is 0 Å². The highest BCUT2D eigenvalue weighted by molar-refractivity contribution is 5.57. The van der Waals surface area contributed by atoms with E-state index in [1.54, 1.807) is 0 Å². The average Bonchev–Trinajstić information content (AvgIpc) is 2.94. The smallest absolute Gasteiger partial charge is 0.133 e. The lowest BCUT2D eigenvalue weighted by Gasteiger charge is -2.28. The van der Waals surface area contributed by atoms with Crippen molar-refractivity contribution in [3.63, 3.8) is 0 Å². The predicted octanol–water partition coefficient (Wildman–Crippen LogP) is 2.54. The zero-order valence-electron chi connectivity index (χ0n) is 11.7. The van der Waals surface area contributed by atoms with Gasteiger partial charge < -0.3 is 15.0 Å². The third-order valence-corrected chi connectivity index (χ3v) is 3.96. The first kappa shape index (κ1) is 14.1. The molecule has 1 aliphatic rings. The Bertz CT molecular complexity index is 425. The molecule has 0 spiro atoms. The van der Waals surface area contributed by atoms with Crippen molar-refractivity contribution in [2.24, 2.45) is 0 Å². The highest BCUT2D eigenvalue weighted by atomic mass is 16.1. The molecule has 19 heavy (non-hydrogen) atoms. The van der Waals surface area contributed by atoms with Crippen LogP contribution in [0.2, 0.25) is 0 Å². The Balaban J connectivity index is 2.09. The molecule has 0 atom stereocenters. The molecule has 0 aromatic heterocycles. The summed E-state index contributed by atoms with van der Waals surface area (Å²) >= 11 is 0. The van der Waals surface area contributed by atoms with Gasteiger partial charge in [-0.15, -0.1) is 0 Å². The molecule has 0 unspecified atom stereocenters. The quantitative estimate of drug-likeness (QED) is 0.629. The maximum Gasteiger partial charge on any atom is 0.133 e. The van der Waals surface area contributed by atoms with E-state index in [1.165, 1.54) is 36.9 Å². The van der Waals surface area contributed by atoms with E-state index in [9.17, 15) is 4.79 Å². The lowest BCUT2D eigenvalue weighted by Crippen LogP contribution is -2.29. The standard InChI is InChI=1S/C16H23N2O/c1-13-7-8-14(12-17-9-10-19)11-16(13)18(2)15-5-3-4-6-15/h7-8,10-11,15,17H,1,3-6,9,12H2,2H3. The molecule has 3 nitrogen and oxygen atoms in total. The van der Waals surface area contributed by atoms with Gasteiger partial charge in [0.2, 0.25) is 0 Å². The van der Waals surface area contributed by atoms with Crippen LogP contribution in [0.1, 0.15) is 36.8 Å². The minimum absolute atomic E-state index is 0.403. The zero-order chi connectivity index (χ0) is 13.7. The van der Waals surface area contributed by atoms with Gasteiger partial charge in [-0.25, -0.2) is 0 Å². The fraction of sp³-hybridized carbons (Fsp3) is 0.500. The SMILES string of the molecule is [CH2]c1ccc(CNCC=O)cc1N(C)C1CCCC1. The second-order valence-electron chi connectivity index (χ2n) is 5.31. The van der Waals surface area contributed by atoms with Gasteiger partial charge in [0.25, 0.3) is 0 Å². The van der Waals surface area contributed by atoms with Crippen molar-refractivity contribution in [2.75, 3.05) is 18.5 Å². The zero-order valence-corrected chi connectivity index (χ0v) is 11.7. The summed E-state index contributed by atoms with van der Waals surface area (Å²) in [5, 5.41) is 3.10. The first-order valence-electron chi connectivity index (χ1n) is 7.04. The van der Waals surface area contributed by atoms with Gasteiger partial charge in [-0.1, -0.05) is 25.0 Å². The molecule has 0 amide bonds. The van der Waals surface area contributed by atoms with Crippen LogP contribution in [0.15, 0.2) is 18.2 Å². The van der Waals surface area contributed by atoms with Crippen LogP contribution in [-0.2, 0) is 11.3 Å². The van der Waals surface area contributed by atoms with E-state index in [2.05, 4.69) is 42.4 Å². The van der Waals surface area contributed by atoms with Crippen LogP contribution in [0.3, 0.4) is 0 Å². The maximum absolute atomic E-state index is 10.3. The minimum Gasteiger partial charge on any atom is -0.371 e. The first-order valence-corrected chi connectivity index (χ1v) is 7.04. The van der Waals surface area contributed by atoms with E-state index in [-0.39, 0.29) is 0 Å². The summed E-state index contributed by atoms with van der Waals surface area (Å²) in [5.41, 5.74) is 3.50. The molecule has 0 aliphatic heterocycles. The fourth-order valence-electron chi connectivity index (χ4n) is 2.81. The Morgan fingerprint density at radius 2 is 2.16 bits per heavy atom. The van der Waals surface area contributed by atoms with Crippen LogP contribution < -0.4 is 10.2 Å².